The second-order valence-corrected chi connectivity index (χ2v) is 5.95. The van der Waals surface area contributed by atoms with Crippen molar-refractivity contribution < 1.29 is 18.7 Å². The first-order valence-electron chi connectivity index (χ1n) is 8.09. The molecule has 7 heteroatoms. The van der Waals surface area contributed by atoms with Crippen molar-refractivity contribution in [3.63, 3.8) is 0 Å². The lowest BCUT2D eigenvalue weighted by molar-refractivity contribution is -0.136. The van der Waals surface area contributed by atoms with Crippen LogP contribution in [0.1, 0.15) is 10.6 Å². The first kappa shape index (κ1) is 16.2. The monoisotopic (exact) mass is 321 g/mol. The van der Waals surface area contributed by atoms with Crippen LogP contribution in [0.25, 0.3) is 0 Å². The lowest BCUT2D eigenvalue weighted by Crippen LogP contribution is -2.52. The van der Waals surface area contributed by atoms with E-state index in [-0.39, 0.29) is 11.7 Å². The van der Waals surface area contributed by atoms with E-state index in [0.717, 1.165) is 26.2 Å². The van der Waals surface area contributed by atoms with Crippen molar-refractivity contribution in [1.82, 2.24) is 14.7 Å². The molecule has 0 aromatic carbocycles. The van der Waals surface area contributed by atoms with Crippen LogP contribution in [-0.2, 0) is 9.53 Å². The van der Waals surface area contributed by atoms with E-state index >= 15 is 0 Å². The minimum Gasteiger partial charge on any atom is -0.461 e. The van der Waals surface area contributed by atoms with E-state index < -0.39 is 0 Å². The van der Waals surface area contributed by atoms with Gasteiger partial charge in [0.05, 0.1) is 32.6 Å². The van der Waals surface area contributed by atoms with Crippen molar-refractivity contribution >= 4 is 11.7 Å². The Bertz CT molecular complexity index is 517. The molecule has 0 radical (unpaired) electrons. The maximum atomic E-state index is 12.2. The molecule has 1 aromatic rings. The number of morpholine rings is 1. The number of ether oxygens (including phenoxy) is 1. The molecule has 2 fully saturated rings. The molecule has 2 aliphatic rings. The summed E-state index contributed by atoms with van der Waals surface area (Å²) in [6.07, 6.45) is 1.52. The Kier molecular flexibility index (Phi) is 5.43. The number of amides is 1. The summed E-state index contributed by atoms with van der Waals surface area (Å²) in [4.78, 5) is 30.4. The predicted octanol–water partition coefficient (Wildman–Crippen LogP) is -0.0613. The molecular weight excluding hydrogens is 298 g/mol. The Labute approximate surface area is 135 Å². The fourth-order valence-corrected chi connectivity index (χ4v) is 2.93. The quantitative estimate of drug-likeness (QED) is 0.708. The van der Waals surface area contributed by atoms with Crippen LogP contribution in [0, 0.1) is 0 Å². The minimum atomic E-state index is 0.00726. The SMILES string of the molecule is O=C(CN1CCN(CC(=O)N2CCOCC2)CC1)c1ccco1. The smallest absolute Gasteiger partial charge is 0.236 e. The lowest BCUT2D eigenvalue weighted by Gasteiger charge is -2.35. The van der Waals surface area contributed by atoms with Gasteiger partial charge in [0.1, 0.15) is 0 Å². The maximum absolute atomic E-state index is 12.2. The number of furan rings is 1. The second kappa shape index (κ2) is 7.72. The zero-order valence-corrected chi connectivity index (χ0v) is 13.3. The number of ketones is 1. The zero-order valence-electron chi connectivity index (χ0n) is 13.3. The maximum Gasteiger partial charge on any atom is 0.236 e. The van der Waals surface area contributed by atoms with Crippen molar-refractivity contribution in [3.8, 4) is 0 Å². The van der Waals surface area contributed by atoms with Crippen LogP contribution in [0.5, 0.6) is 0 Å². The summed E-state index contributed by atoms with van der Waals surface area (Å²) in [6.45, 7) is 6.68. The molecule has 0 aliphatic carbocycles. The molecule has 7 nitrogen and oxygen atoms in total. The van der Waals surface area contributed by atoms with Gasteiger partial charge in [-0.25, -0.2) is 0 Å². The summed E-state index contributed by atoms with van der Waals surface area (Å²) in [5, 5.41) is 0. The fourth-order valence-electron chi connectivity index (χ4n) is 2.93. The zero-order chi connectivity index (χ0) is 16.1. The van der Waals surface area contributed by atoms with Crippen molar-refractivity contribution in [2.45, 2.75) is 0 Å². The fraction of sp³-hybridized carbons (Fsp3) is 0.625. The Morgan fingerprint density at radius 3 is 2.22 bits per heavy atom. The van der Waals surface area contributed by atoms with Crippen LogP contribution in [0.4, 0.5) is 0 Å². The van der Waals surface area contributed by atoms with Gasteiger partial charge in [-0.1, -0.05) is 0 Å². The van der Waals surface area contributed by atoms with Crippen LogP contribution in [0.15, 0.2) is 22.8 Å². The average molecular weight is 321 g/mol. The number of carbonyl (C=O) groups excluding carboxylic acids is 2. The first-order valence-corrected chi connectivity index (χ1v) is 8.09. The summed E-state index contributed by atoms with van der Waals surface area (Å²) < 4.78 is 10.4. The summed E-state index contributed by atoms with van der Waals surface area (Å²) in [5.74, 6) is 0.594. The van der Waals surface area contributed by atoms with Gasteiger partial charge in [0.2, 0.25) is 11.7 Å². The number of hydrogen-bond donors (Lipinski definition) is 0. The lowest BCUT2D eigenvalue weighted by atomic mass is 10.2. The van der Waals surface area contributed by atoms with E-state index in [1.54, 1.807) is 12.1 Å². The molecule has 0 bridgehead atoms. The third-order valence-electron chi connectivity index (χ3n) is 4.35. The van der Waals surface area contributed by atoms with Gasteiger partial charge in [0.25, 0.3) is 0 Å². The molecular formula is C16H23N3O4. The Balaban J connectivity index is 1.40. The molecule has 1 aromatic heterocycles. The van der Waals surface area contributed by atoms with Crippen molar-refractivity contribution in [2.75, 3.05) is 65.6 Å². The standard InChI is InChI=1S/C16H23N3O4/c20-14(15-2-1-9-23-15)12-17-3-5-18(6-4-17)13-16(21)19-7-10-22-11-8-19/h1-2,9H,3-8,10-13H2. The number of carbonyl (C=O) groups is 2. The molecule has 1 amide bonds. The number of piperazine rings is 1. The molecule has 0 N–H and O–H groups in total. The molecule has 0 atom stereocenters. The van der Waals surface area contributed by atoms with E-state index in [0.29, 0.717) is 45.2 Å². The summed E-state index contributed by atoms with van der Waals surface area (Å²) in [6, 6.07) is 3.42. The van der Waals surface area contributed by atoms with Crippen LogP contribution >= 0.6 is 0 Å². The van der Waals surface area contributed by atoms with Crippen LogP contribution in [-0.4, -0.2) is 92.0 Å². The molecule has 0 saturated carbocycles. The predicted molar refractivity (Wildman–Crippen MR) is 83.3 cm³/mol. The average Bonchev–Trinajstić information content (AvgIpc) is 3.12. The van der Waals surface area contributed by atoms with Crippen LogP contribution in [0.3, 0.4) is 0 Å². The van der Waals surface area contributed by atoms with Gasteiger partial charge < -0.3 is 14.1 Å². The van der Waals surface area contributed by atoms with Crippen molar-refractivity contribution in [2.24, 2.45) is 0 Å². The van der Waals surface area contributed by atoms with Gasteiger partial charge in [-0.3, -0.25) is 19.4 Å². The number of hydrogen-bond acceptors (Lipinski definition) is 6. The first-order chi connectivity index (χ1) is 11.2. The molecule has 2 aliphatic heterocycles. The van der Waals surface area contributed by atoms with E-state index in [4.69, 9.17) is 9.15 Å². The minimum absolute atomic E-state index is 0.00726. The van der Waals surface area contributed by atoms with E-state index in [1.165, 1.54) is 6.26 Å². The molecule has 3 rings (SSSR count). The third kappa shape index (κ3) is 4.40. The largest absolute Gasteiger partial charge is 0.461 e. The van der Waals surface area contributed by atoms with Gasteiger partial charge in [-0.05, 0) is 12.1 Å². The highest BCUT2D eigenvalue weighted by Gasteiger charge is 2.24. The van der Waals surface area contributed by atoms with Crippen LogP contribution < -0.4 is 0 Å². The van der Waals surface area contributed by atoms with Crippen molar-refractivity contribution in [1.29, 1.82) is 0 Å². The van der Waals surface area contributed by atoms with Gasteiger partial charge in [-0.15, -0.1) is 0 Å². The van der Waals surface area contributed by atoms with Crippen molar-refractivity contribution in [3.05, 3.63) is 24.2 Å². The number of Topliss-reactive ketones (excluding diaryl/α,β-unsaturated/α-hetero) is 1. The molecule has 126 valence electrons. The Hall–Kier alpha value is -1.70. The molecule has 23 heavy (non-hydrogen) atoms. The highest BCUT2D eigenvalue weighted by Crippen LogP contribution is 2.07. The third-order valence-corrected chi connectivity index (χ3v) is 4.35. The van der Waals surface area contributed by atoms with Gasteiger partial charge in [-0.2, -0.15) is 0 Å². The van der Waals surface area contributed by atoms with Gasteiger partial charge in [0, 0.05) is 39.3 Å². The second-order valence-electron chi connectivity index (χ2n) is 5.95. The summed E-state index contributed by atoms with van der Waals surface area (Å²) in [7, 11) is 0. The summed E-state index contributed by atoms with van der Waals surface area (Å²) in [5.41, 5.74) is 0. The highest BCUT2D eigenvalue weighted by atomic mass is 16.5. The normalized spacial score (nSPS) is 20.6. The Morgan fingerprint density at radius 1 is 0.957 bits per heavy atom. The number of rotatable bonds is 5. The Morgan fingerprint density at radius 2 is 1.61 bits per heavy atom. The van der Waals surface area contributed by atoms with Gasteiger partial charge >= 0.3 is 0 Å². The topological polar surface area (TPSA) is 66.2 Å². The molecule has 0 unspecified atom stereocenters. The molecule has 3 heterocycles. The number of nitrogens with zero attached hydrogens (tertiary/aromatic N) is 3. The van der Waals surface area contributed by atoms with Crippen LogP contribution in [0.2, 0.25) is 0 Å². The summed E-state index contributed by atoms with van der Waals surface area (Å²) >= 11 is 0. The molecule has 2 saturated heterocycles. The highest BCUT2D eigenvalue weighted by molar-refractivity contribution is 5.95. The molecule has 0 spiro atoms. The van der Waals surface area contributed by atoms with E-state index in [9.17, 15) is 9.59 Å². The van der Waals surface area contributed by atoms with E-state index in [2.05, 4.69) is 9.80 Å². The van der Waals surface area contributed by atoms with E-state index in [1.807, 2.05) is 4.90 Å². The van der Waals surface area contributed by atoms with Gasteiger partial charge in [0.15, 0.2) is 5.76 Å².